The van der Waals surface area contributed by atoms with Gasteiger partial charge in [-0.2, -0.15) is 15.0 Å². The van der Waals surface area contributed by atoms with Gasteiger partial charge < -0.3 is 4.74 Å². The molecule has 0 saturated heterocycles. The first-order chi connectivity index (χ1) is 14.7. The molecule has 0 radical (unpaired) electrons. The number of nitrogens with one attached hydrogen (secondary N) is 2. The summed E-state index contributed by atoms with van der Waals surface area (Å²) in [6, 6.07) is 4.37. The van der Waals surface area contributed by atoms with Crippen molar-refractivity contribution in [1.82, 2.24) is 19.7 Å². The molecule has 0 bridgehead atoms. The predicted molar refractivity (Wildman–Crippen MR) is 106 cm³/mol. The van der Waals surface area contributed by atoms with Crippen LogP contribution in [0.5, 0.6) is 6.01 Å². The first-order valence-corrected chi connectivity index (χ1v) is 10.5. The number of carbonyl (C=O) groups excluding carboxylic acids is 1. The summed E-state index contributed by atoms with van der Waals surface area (Å²) >= 11 is 0. The van der Waals surface area contributed by atoms with Crippen molar-refractivity contribution in [2.24, 2.45) is 5.41 Å². The normalized spacial score (nSPS) is 11.8. The topological polar surface area (TPSA) is 123 Å². The van der Waals surface area contributed by atoms with E-state index in [1.165, 1.54) is 38.3 Å². The van der Waals surface area contributed by atoms with Crippen molar-refractivity contribution in [2.45, 2.75) is 24.7 Å². The Morgan fingerprint density at radius 3 is 2.35 bits per heavy atom. The fourth-order valence-electron chi connectivity index (χ4n) is 2.59. The number of alkyl halides is 3. The summed E-state index contributed by atoms with van der Waals surface area (Å²) in [5.41, 5.74) is -1.64. The molecule has 0 atom stereocenters. The number of methoxy groups -OCH3 is 1. The molecule has 2 rings (SSSR count). The van der Waals surface area contributed by atoms with Gasteiger partial charge in [0.25, 0.3) is 10.0 Å². The fourth-order valence-corrected chi connectivity index (χ4v) is 3.77. The molecule has 1 aromatic carbocycles. The molecule has 0 saturated carbocycles. The minimum Gasteiger partial charge on any atom is -0.467 e. The third-order valence-electron chi connectivity index (χ3n) is 4.40. The van der Waals surface area contributed by atoms with E-state index in [2.05, 4.69) is 20.3 Å². The Labute approximate surface area is 177 Å². The van der Waals surface area contributed by atoms with Gasteiger partial charge in [0.15, 0.2) is 0 Å². The molecule has 170 valence electrons. The number of hydrogen-bond donors (Lipinski definition) is 2. The van der Waals surface area contributed by atoms with Crippen molar-refractivity contribution < 1.29 is 31.1 Å². The molecule has 2 aromatic rings. The van der Waals surface area contributed by atoms with E-state index in [9.17, 15) is 26.4 Å². The van der Waals surface area contributed by atoms with Crippen LogP contribution in [0.15, 0.2) is 29.2 Å². The highest BCUT2D eigenvalue weighted by molar-refractivity contribution is 7.90. The molecule has 0 aliphatic heterocycles. The number of aromatic nitrogens is 3. The zero-order valence-corrected chi connectivity index (χ0v) is 17.7. The minimum atomic E-state index is -4.37. The Bertz CT molecular complexity index is 1010. The summed E-state index contributed by atoms with van der Waals surface area (Å²) in [6.45, 7) is -2.13. The maximum absolute atomic E-state index is 13.1. The van der Waals surface area contributed by atoms with Crippen LogP contribution in [0.25, 0.3) is 0 Å². The molecule has 0 aliphatic carbocycles. The van der Waals surface area contributed by atoms with Crippen molar-refractivity contribution in [3.63, 3.8) is 0 Å². The van der Waals surface area contributed by atoms with E-state index in [0.29, 0.717) is 0 Å². The molecule has 31 heavy (non-hydrogen) atoms. The monoisotopic (exact) mass is 461 g/mol. The molecule has 2 amide bonds. The lowest BCUT2D eigenvalue weighted by molar-refractivity contribution is 0.102. The number of urea groups is 1. The number of carbonyl (C=O) groups is 1. The Kier molecular flexibility index (Phi) is 8.14. The summed E-state index contributed by atoms with van der Waals surface area (Å²) < 4.78 is 71.4. The third-order valence-corrected chi connectivity index (χ3v) is 5.83. The number of sulfonamides is 1. The molecular weight excluding hydrogens is 439 g/mol. The second kappa shape index (κ2) is 10.4. The second-order valence-electron chi connectivity index (χ2n) is 6.76. The highest BCUT2D eigenvalue weighted by Crippen LogP contribution is 2.28. The van der Waals surface area contributed by atoms with Gasteiger partial charge in [0.05, 0.1) is 17.4 Å². The minimum absolute atomic E-state index is 0.0759. The Morgan fingerprint density at radius 1 is 1.10 bits per heavy atom. The number of anilines is 1. The van der Waals surface area contributed by atoms with E-state index in [1.54, 1.807) is 0 Å². The van der Waals surface area contributed by atoms with E-state index in [-0.39, 0.29) is 41.1 Å². The predicted octanol–water partition coefficient (Wildman–Crippen LogP) is 2.53. The van der Waals surface area contributed by atoms with Crippen molar-refractivity contribution in [1.29, 1.82) is 0 Å². The summed E-state index contributed by atoms with van der Waals surface area (Å²) in [4.78, 5) is 23.4. The summed E-state index contributed by atoms with van der Waals surface area (Å²) in [7, 11) is -3.06. The van der Waals surface area contributed by atoms with Crippen molar-refractivity contribution >= 4 is 22.0 Å². The SMILES string of the molecule is COc1nc(C)nc(NC(=O)NS(=O)(=O)c2ccccc2CCC(CF)(CF)CF)n1. The van der Waals surface area contributed by atoms with Gasteiger partial charge in [-0.3, -0.25) is 18.5 Å². The molecule has 0 fully saturated rings. The van der Waals surface area contributed by atoms with Gasteiger partial charge in [-0.05, 0) is 31.4 Å². The number of rotatable bonds is 10. The van der Waals surface area contributed by atoms with Crippen molar-refractivity contribution in [3.8, 4) is 6.01 Å². The zero-order valence-electron chi connectivity index (χ0n) is 16.9. The molecule has 0 aliphatic rings. The van der Waals surface area contributed by atoms with E-state index in [0.717, 1.165) is 0 Å². The first-order valence-electron chi connectivity index (χ1n) is 9.05. The van der Waals surface area contributed by atoms with E-state index in [1.807, 2.05) is 4.72 Å². The van der Waals surface area contributed by atoms with Crippen LogP contribution in [0.1, 0.15) is 17.8 Å². The zero-order chi connectivity index (χ0) is 23.1. The molecule has 13 heteroatoms. The fraction of sp³-hybridized carbons (Fsp3) is 0.444. The average molecular weight is 461 g/mol. The van der Waals surface area contributed by atoms with Crippen molar-refractivity contribution in [3.05, 3.63) is 35.7 Å². The molecule has 2 N–H and O–H groups in total. The molecule has 1 aromatic heterocycles. The van der Waals surface area contributed by atoms with Crippen LogP contribution in [0.3, 0.4) is 0 Å². The number of halogens is 3. The molecule has 0 unspecified atom stereocenters. The Morgan fingerprint density at radius 2 is 1.74 bits per heavy atom. The van der Waals surface area contributed by atoms with Gasteiger partial charge >= 0.3 is 12.0 Å². The Hall–Kier alpha value is -2.96. The van der Waals surface area contributed by atoms with Crippen molar-refractivity contribution in [2.75, 3.05) is 32.5 Å². The van der Waals surface area contributed by atoms with Crippen LogP contribution in [-0.2, 0) is 16.4 Å². The summed E-state index contributed by atoms with van der Waals surface area (Å²) in [6.07, 6.45) is -0.362. The van der Waals surface area contributed by atoms with Gasteiger partial charge in [0.2, 0.25) is 5.95 Å². The van der Waals surface area contributed by atoms with Crippen LogP contribution >= 0.6 is 0 Å². The maximum Gasteiger partial charge on any atom is 0.335 e. The number of hydrogen-bond acceptors (Lipinski definition) is 7. The van der Waals surface area contributed by atoms with E-state index < -0.39 is 41.5 Å². The second-order valence-corrected chi connectivity index (χ2v) is 8.41. The standard InChI is InChI=1S/C18H22F3N5O4S/c1-12-22-15(25-17(23-12)30-2)24-16(27)26-31(28,29)14-6-4-3-5-13(14)7-8-18(9-19,10-20)11-21/h3-6H,7-11H2,1-2H3,(H2,22,23,24,25,26,27). The third kappa shape index (κ3) is 6.26. The quantitative estimate of drug-likeness (QED) is 0.557. The summed E-state index contributed by atoms with van der Waals surface area (Å²) in [5.74, 6) is -0.00335. The number of aryl methyl sites for hydroxylation is 2. The number of amides is 2. The summed E-state index contributed by atoms with van der Waals surface area (Å²) in [5, 5.41) is 2.17. The lowest BCUT2D eigenvalue weighted by atomic mass is 9.86. The van der Waals surface area contributed by atoms with Gasteiger partial charge in [-0.15, -0.1) is 0 Å². The van der Waals surface area contributed by atoms with Gasteiger partial charge in [-0.25, -0.2) is 17.9 Å². The smallest absolute Gasteiger partial charge is 0.335 e. The average Bonchev–Trinajstić information content (AvgIpc) is 2.74. The number of ether oxygens (including phenoxy) is 1. The lowest BCUT2D eigenvalue weighted by Crippen LogP contribution is -2.35. The highest BCUT2D eigenvalue weighted by atomic mass is 32.2. The van der Waals surface area contributed by atoms with Crippen LogP contribution in [0.4, 0.5) is 23.9 Å². The Balaban J connectivity index is 2.19. The first kappa shape index (κ1) is 24.3. The molecule has 1 heterocycles. The van der Waals surface area contributed by atoms with Crippen LogP contribution in [0.2, 0.25) is 0 Å². The highest BCUT2D eigenvalue weighted by Gasteiger charge is 2.31. The van der Waals surface area contributed by atoms with E-state index >= 15 is 0 Å². The maximum atomic E-state index is 13.1. The van der Waals surface area contributed by atoms with Gasteiger partial charge in [0, 0.05) is 0 Å². The van der Waals surface area contributed by atoms with E-state index in [4.69, 9.17) is 4.74 Å². The number of nitrogens with zero attached hydrogens (tertiary/aromatic N) is 3. The molecule has 0 spiro atoms. The van der Waals surface area contributed by atoms with Gasteiger partial charge in [-0.1, -0.05) is 18.2 Å². The molecule has 9 nitrogen and oxygen atoms in total. The largest absolute Gasteiger partial charge is 0.467 e. The lowest BCUT2D eigenvalue weighted by Gasteiger charge is -2.24. The van der Waals surface area contributed by atoms with Crippen LogP contribution in [-0.4, -0.2) is 56.5 Å². The van der Waals surface area contributed by atoms with Gasteiger partial charge in [0.1, 0.15) is 25.8 Å². The van der Waals surface area contributed by atoms with Crippen LogP contribution < -0.4 is 14.8 Å². The molecular formula is C18H22F3N5O4S. The van der Waals surface area contributed by atoms with Crippen LogP contribution in [0, 0.1) is 12.3 Å². The number of benzene rings is 1.